The molecule has 0 rings (SSSR count). The van der Waals surface area contributed by atoms with Crippen molar-refractivity contribution in [1.82, 2.24) is 0 Å². The van der Waals surface area contributed by atoms with Crippen molar-refractivity contribution in [1.29, 1.82) is 0 Å². The Morgan fingerprint density at radius 2 is 1.48 bits per heavy atom. The molecule has 0 spiro atoms. The first-order chi connectivity index (χ1) is 10.1. The van der Waals surface area contributed by atoms with Crippen LogP contribution in [0.1, 0.15) is 85.0 Å². The fourth-order valence-corrected chi connectivity index (χ4v) is 2.04. The van der Waals surface area contributed by atoms with Crippen LogP contribution in [0.15, 0.2) is 0 Å². The minimum atomic E-state index is -0.486. The predicted octanol–water partition coefficient (Wildman–Crippen LogP) is 4.40. The predicted molar refractivity (Wildman–Crippen MR) is 84.0 cm³/mol. The highest BCUT2D eigenvalue weighted by molar-refractivity contribution is 5.91. The smallest absolute Gasteiger partial charge is 0.317 e. The van der Waals surface area contributed by atoms with Gasteiger partial charge in [0.25, 0.3) is 0 Å². The fraction of sp³-hybridized carbons (Fsp3) is 0.882. The lowest BCUT2D eigenvalue weighted by Gasteiger charge is -2.13. The van der Waals surface area contributed by atoms with Gasteiger partial charge in [0, 0.05) is 0 Å². The maximum atomic E-state index is 11.5. The third-order valence-corrected chi connectivity index (χ3v) is 3.35. The summed E-state index contributed by atoms with van der Waals surface area (Å²) < 4.78 is 10.1. The molecule has 4 heteroatoms. The Morgan fingerprint density at radius 3 is 2.14 bits per heavy atom. The highest BCUT2D eigenvalue weighted by Crippen LogP contribution is 2.10. The van der Waals surface area contributed by atoms with Gasteiger partial charge in [0.05, 0.1) is 12.7 Å². The standard InChI is InChI=1S/C17H32O4/c1-4-6-8-9-10-11-12-15(3)21-17(19)14-16(18)20-13-7-5-2/h15H,4-14H2,1-3H3. The molecule has 21 heavy (non-hydrogen) atoms. The Balaban J connectivity index is 3.57. The van der Waals surface area contributed by atoms with Gasteiger partial charge < -0.3 is 9.47 Å². The average Bonchev–Trinajstić information content (AvgIpc) is 2.42. The minimum absolute atomic E-state index is 0.118. The van der Waals surface area contributed by atoms with E-state index >= 15 is 0 Å². The molecule has 0 aromatic rings. The van der Waals surface area contributed by atoms with Crippen molar-refractivity contribution in [2.75, 3.05) is 6.61 Å². The topological polar surface area (TPSA) is 52.6 Å². The lowest BCUT2D eigenvalue weighted by atomic mass is 10.1. The molecule has 0 bridgehead atoms. The van der Waals surface area contributed by atoms with Gasteiger partial charge in [0.15, 0.2) is 0 Å². The summed E-state index contributed by atoms with van der Waals surface area (Å²) in [5, 5.41) is 0. The van der Waals surface area contributed by atoms with Crippen molar-refractivity contribution in [3.05, 3.63) is 0 Å². The second kappa shape index (κ2) is 13.9. The second-order valence-electron chi connectivity index (χ2n) is 5.61. The molecule has 0 aromatic carbocycles. The van der Waals surface area contributed by atoms with Crippen molar-refractivity contribution in [2.24, 2.45) is 0 Å². The van der Waals surface area contributed by atoms with E-state index in [1.165, 1.54) is 32.1 Å². The van der Waals surface area contributed by atoms with Crippen LogP contribution in [0.4, 0.5) is 0 Å². The van der Waals surface area contributed by atoms with Crippen LogP contribution in [0.3, 0.4) is 0 Å². The Kier molecular flexibility index (Phi) is 13.2. The quantitative estimate of drug-likeness (QED) is 0.287. The molecule has 0 amide bonds. The molecule has 4 nitrogen and oxygen atoms in total. The van der Waals surface area contributed by atoms with Gasteiger partial charge >= 0.3 is 11.9 Å². The number of ether oxygens (including phenoxy) is 2. The minimum Gasteiger partial charge on any atom is -0.465 e. The Bertz CT molecular complexity index is 276. The highest BCUT2D eigenvalue weighted by Gasteiger charge is 2.14. The molecule has 0 heterocycles. The number of esters is 2. The van der Waals surface area contributed by atoms with E-state index in [0.29, 0.717) is 6.61 Å². The van der Waals surface area contributed by atoms with E-state index in [0.717, 1.165) is 25.7 Å². The molecular weight excluding hydrogens is 268 g/mol. The second-order valence-corrected chi connectivity index (χ2v) is 5.61. The number of carbonyl (C=O) groups is 2. The van der Waals surface area contributed by atoms with Gasteiger partial charge in [-0.3, -0.25) is 9.59 Å². The van der Waals surface area contributed by atoms with Gasteiger partial charge in [-0.1, -0.05) is 52.4 Å². The summed E-state index contributed by atoms with van der Waals surface area (Å²) in [7, 11) is 0. The van der Waals surface area contributed by atoms with Crippen LogP contribution >= 0.6 is 0 Å². The summed E-state index contributed by atoms with van der Waals surface area (Å²) >= 11 is 0. The summed E-state index contributed by atoms with van der Waals surface area (Å²) in [6, 6.07) is 0. The fourth-order valence-electron chi connectivity index (χ4n) is 2.04. The molecule has 0 fully saturated rings. The third-order valence-electron chi connectivity index (χ3n) is 3.35. The van der Waals surface area contributed by atoms with Gasteiger partial charge in [0.1, 0.15) is 6.42 Å². The van der Waals surface area contributed by atoms with Crippen molar-refractivity contribution in [2.45, 2.75) is 91.1 Å². The zero-order valence-electron chi connectivity index (χ0n) is 14.0. The molecule has 1 atom stereocenters. The molecule has 1 unspecified atom stereocenters. The van der Waals surface area contributed by atoms with Gasteiger partial charge in [-0.15, -0.1) is 0 Å². The summed E-state index contributed by atoms with van der Waals surface area (Å²) in [6.45, 7) is 6.49. The molecule has 0 saturated heterocycles. The molecule has 0 saturated carbocycles. The van der Waals surface area contributed by atoms with E-state index in [-0.39, 0.29) is 12.5 Å². The summed E-state index contributed by atoms with van der Waals surface area (Å²) in [4.78, 5) is 22.9. The number of rotatable bonds is 13. The number of carbonyl (C=O) groups excluding carboxylic acids is 2. The first kappa shape index (κ1) is 19.9. The van der Waals surface area contributed by atoms with Crippen LogP contribution < -0.4 is 0 Å². The van der Waals surface area contributed by atoms with E-state index < -0.39 is 11.9 Å². The summed E-state index contributed by atoms with van der Waals surface area (Å²) in [5.74, 6) is -0.963. The molecule has 124 valence electrons. The zero-order chi connectivity index (χ0) is 15.9. The van der Waals surface area contributed by atoms with Crippen LogP contribution in [-0.4, -0.2) is 24.6 Å². The van der Waals surface area contributed by atoms with E-state index in [1.807, 2.05) is 13.8 Å². The van der Waals surface area contributed by atoms with E-state index in [9.17, 15) is 9.59 Å². The maximum absolute atomic E-state index is 11.5. The summed E-state index contributed by atoms with van der Waals surface area (Å²) in [5.41, 5.74) is 0. The number of hydrogen-bond donors (Lipinski definition) is 0. The van der Waals surface area contributed by atoms with Crippen LogP contribution in [0.5, 0.6) is 0 Å². The number of hydrogen-bond acceptors (Lipinski definition) is 4. The molecule has 0 aliphatic carbocycles. The van der Waals surface area contributed by atoms with Crippen molar-refractivity contribution in [3.63, 3.8) is 0 Å². The van der Waals surface area contributed by atoms with E-state index in [1.54, 1.807) is 0 Å². The van der Waals surface area contributed by atoms with Crippen molar-refractivity contribution >= 4 is 11.9 Å². The molecule has 0 aliphatic rings. The van der Waals surface area contributed by atoms with Crippen molar-refractivity contribution < 1.29 is 19.1 Å². The Hall–Kier alpha value is -1.06. The van der Waals surface area contributed by atoms with Gasteiger partial charge in [0.2, 0.25) is 0 Å². The Labute approximate surface area is 129 Å². The monoisotopic (exact) mass is 300 g/mol. The molecule has 0 aromatic heterocycles. The molecule has 0 radical (unpaired) electrons. The molecule has 0 N–H and O–H groups in total. The summed E-state index contributed by atoms with van der Waals surface area (Å²) in [6.07, 6.45) is 9.60. The Morgan fingerprint density at radius 1 is 0.857 bits per heavy atom. The zero-order valence-corrected chi connectivity index (χ0v) is 14.0. The van der Waals surface area contributed by atoms with Gasteiger partial charge in [-0.25, -0.2) is 0 Å². The first-order valence-corrected chi connectivity index (χ1v) is 8.45. The van der Waals surface area contributed by atoms with E-state index in [2.05, 4.69) is 6.92 Å². The van der Waals surface area contributed by atoms with Crippen LogP contribution in [0.25, 0.3) is 0 Å². The van der Waals surface area contributed by atoms with E-state index in [4.69, 9.17) is 9.47 Å². The SMILES string of the molecule is CCCCCCCCC(C)OC(=O)CC(=O)OCCCC. The number of unbranched alkanes of at least 4 members (excludes halogenated alkanes) is 6. The molecular formula is C17H32O4. The lowest BCUT2D eigenvalue weighted by molar-refractivity contribution is -0.157. The average molecular weight is 300 g/mol. The third kappa shape index (κ3) is 13.7. The van der Waals surface area contributed by atoms with Crippen LogP contribution in [-0.2, 0) is 19.1 Å². The largest absolute Gasteiger partial charge is 0.465 e. The van der Waals surface area contributed by atoms with Gasteiger partial charge in [-0.2, -0.15) is 0 Å². The normalized spacial score (nSPS) is 12.0. The van der Waals surface area contributed by atoms with Crippen molar-refractivity contribution in [3.8, 4) is 0 Å². The lowest BCUT2D eigenvalue weighted by Crippen LogP contribution is -2.19. The maximum Gasteiger partial charge on any atom is 0.317 e. The van der Waals surface area contributed by atoms with Gasteiger partial charge in [-0.05, 0) is 26.2 Å². The highest BCUT2D eigenvalue weighted by atomic mass is 16.6. The van der Waals surface area contributed by atoms with Crippen LogP contribution in [0.2, 0.25) is 0 Å². The molecule has 0 aliphatic heterocycles. The van der Waals surface area contributed by atoms with Crippen LogP contribution in [0, 0.1) is 0 Å². The first-order valence-electron chi connectivity index (χ1n) is 8.45.